The molecular formula is C21H27NO2. The molecule has 0 aromatic carbocycles. The van der Waals surface area contributed by atoms with Gasteiger partial charge in [-0.1, -0.05) is 42.3 Å². The van der Waals surface area contributed by atoms with Gasteiger partial charge in [-0.25, -0.2) is 0 Å². The molecule has 0 bridgehead atoms. The summed E-state index contributed by atoms with van der Waals surface area (Å²) in [4.78, 5) is 11.9. The summed E-state index contributed by atoms with van der Waals surface area (Å²) in [7, 11) is 0. The number of carbonyl (C=O) groups excluding carboxylic acids is 1. The maximum absolute atomic E-state index is 11.9. The smallest absolute Gasteiger partial charge is 0.155 e. The highest BCUT2D eigenvalue weighted by molar-refractivity contribution is 6.00. The van der Waals surface area contributed by atoms with Crippen LogP contribution in [-0.4, -0.2) is 16.7 Å². The van der Waals surface area contributed by atoms with Crippen molar-refractivity contribution in [2.24, 2.45) is 27.8 Å². The lowest BCUT2D eigenvalue weighted by atomic mass is 9.48. The molecule has 0 spiro atoms. The Morgan fingerprint density at radius 1 is 1.21 bits per heavy atom. The predicted octanol–water partition coefficient (Wildman–Crippen LogP) is 4.82. The molecule has 128 valence electrons. The standard InChI is InChI=1S/C21H27NO2/c1-13(22-24)17-6-7-18-16-5-4-14-12-15(23)8-10-20(14,2)19(16)9-11-21(17,18)3/h6-7,12,16,19,24H,4-5,8-11H2,1-3H3/b22-13+/t16-,19-,20-,21+/m0/s1. The van der Waals surface area contributed by atoms with Gasteiger partial charge in [-0.15, -0.1) is 0 Å². The van der Waals surface area contributed by atoms with E-state index < -0.39 is 0 Å². The first-order chi connectivity index (χ1) is 11.4. The number of rotatable bonds is 1. The average molecular weight is 325 g/mol. The molecule has 0 heterocycles. The van der Waals surface area contributed by atoms with Crippen molar-refractivity contribution in [3.05, 3.63) is 34.9 Å². The van der Waals surface area contributed by atoms with E-state index in [1.165, 1.54) is 23.1 Å². The van der Waals surface area contributed by atoms with E-state index in [9.17, 15) is 10.0 Å². The predicted molar refractivity (Wildman–Crippen MR) is 95.0 cm³/mol. The molecule has 0 aliphatic heterocycles. The Morgan fingerprint density at radius 2 is 2.00 bits per heavy atom. The van der Waals surface area contributed by atoms with Gasteiger partial charge in [-0.3, -0.25) is 4.79 Å². The van der Waals surface area contributed by atoms with Crippen LogP contribution in [0.25, 0.3) is 0 Å². The van der Waals surface area contributed by atoms with Crippen LogP contribution in [0.15, 0.2) is 40.1 Å². The number of fused-ring (bicyclic) bond motifs is 5. The van der Waals surface area contributed by atoms with Crippen molar-refractivity contribution >= 4 is 11.5 Å². The lowest BCUT2D eigenvalue weighted by Gasteiger charge is -2.56. The highest BCUT2D eigenvalue weighted by Crippen LogP contribution is 2.63. The average Bonchev–Trinajstić information content (AvgIpc) is 2.92. The van der Waals surface area contributed by atoms with Crippen LogP contribution < -0.4 is 0 Å². The molecule has 4 aliphatic carbocycles. The Balaban J connectivity index is 1.69. The topological polar surface area (TPSA) is 49.7 Å². The normalized spacial score (nSPS) is 41.7. The van der Waals surface area contributed by atoms with Crippen LogP contribution in [-0.2, 0) is 4.79 Å². The first-order valence-electron chi connectivity index (χ1n) is 9.26. The van der Waals surface area contributed by atoms with E-state index in [0.29, 0.717) is 24.0 Å². The van der Waals surface area contributed by atoms with Crippen molar-refractivity contribution in [1.29, 1.82) is 0 Å². The molecule has 4 aliphatic rings. The van der Waals surface area contributed by atoms with Crippen LogP contribution in [0.4, 0.5) is 0 Å². The Morgan fingerprint density at radius 3 is 2.75 bits per heavy atom. The molecular weight excluding hydrogens is 298 g/mol. The third-order valence-corrected chi connectivity index (χ3v) is 7.54. The number of oxime groups is 1. The van der Waals surface area contributed by atoms with Gasteiger partial charge in [0.15, 0.2) is 5.78 Å². The van der Waals surface area contributed by atoms with Gasteiger partial charge < -0.3 is 5.21 Å². The van der Waals surface area contributed by atoms with Gasteiger partial charge >= 0.3 is 0 Å². The first-order valence-corrected chi connectivity index (χ1v) is 9.26. The Kier molecular flexibility index (Phi) is 3.42. The molecule has 3 nitrogen and oxygen atoms in total. The quantitative estimate of drug-likeness (QED) is 0.427. The summed E-state index contributed by atoms with van der Waals surface area (Å²) in [6.45, 7) is 6.62. The summed E-state index contributed by atoms with van der Waals surface area (Å²) in [6.07, 6.45) is 12.7. The summed E-state index contributed by atoms with van der Waals surface area (Å²) in [5.74, 6) is 1.56. The lowest BCUT2D eigenvalue weighted by Crippen LogP contribution is -2.47. The first kappa shape index (κ1) is 15.9. The largest absolute Gasteiger partial charge is 0.411 e. The molecule has 2 fully saturated rings. The van der Waals surface area contributed by atoms with Crippen LogP contribution in [0.3, 0.4) is 0 Å². The fraction of sp³-hybridized carbons (Fsp3) is 0.619. The summed E-state index contributed by atoms with van der Waals surface area (Å²) in [6, 6.07) is 0. The molecule has 1 N–H and O–H groups in total. The highest BCUT2D eigenvalue weighted by Gasteiger charge is 2.54. The van der Waals surface area contributed by atoms with E-state index in [0.717, 1.165) is 31.4 Å². The monoisotopic (exact) mass is 325 g/mol. The molecule has 0 unspecified atom stereocenters. The molecule has 24 heavy (non-hydrogen) atoms. The van der Waals surface area contributed by atoms with Crippen molar-refractivity contribution in [2.75, 3.05) is 0 Å². The maximum atomic E-state index is 11.9. The van der Waals surface area contributed by atoms with Crippen molar-refractivity contribution < 1.29 is 10.0 Å². The number of hydrogen-bond acceptors (Lipinski definition) is 3. The van der Waals surface area contributed by atoms with Crippen molar-refractivity contribution in [1.82, 2.24) is 0 Å². The fourth-order valence-corrected chi connectivity index (χ4v) is 6.13. The third-order valence-electron chi connectivity index (χ3n) is 7.54. The second-order valence-electron chi connectivity index (χ2n) is 8.56. The van der Waals surface area contributed by atoms with Crippen molar-refractivity contribution in [3.63, 3.8) is 0 Å². The van der Waals surface area contributed by atoms with Crippen LogP contribution in [0.1, 0.15) is 59.3 Å². The molecule has 4 atom stereocenters. The van der Waals surface area contributed by atoms with Gasteiger partial charge in [0, 0.05) is 11.8 Å². The number of nitrogens with zero attached hydrogens (tertiary/aromatic N) is 1. The van der Waals surface area contributed by atoms with E-state index in [-0.39, 0.29) is 10.8 Å². The van der Waals surface area contributed by atoms with Gasteiger partial charge in [0.2, 0.25) is 0 Å². The molecule has 2 saturated carbocycles. The molecule has 0 aromatic rings. The van der Waals surface area contributed by atoms with Gasteiger partial charge in [-0.2, -0.15) is 0 Å². The van der Waals surface area contributed by atoms with E-state index in [4.69, 9.17) is 0 Å². The second kappa shape index (κ2) is 5.18. The van der Waals surface area contributed by atoms with Crippen LogP contribution >= 0.6 is 0 Å². The Bertz CT molecular complexity index is 726. The molecule has 3 heteroatoms. The van der Waals surface area contributed by atoms with E-state index in [1.54, 1.807) is 0 Å². The van der Waals surface area contributed by atoms with Crippen molar-refractivity contribution in [3.8, 4) is 0 Å². The van der Waals surface area contributed by atoms with E-state index in [1.807, 2.05) is 13.0 Å². The number of ketones is 1. The molecule has 0 saturated heterocycles. The van der Waals surface area contributed by atoms with Crippen LogP contribution in [0.2, 0.25) is 0 Å². The Hall–Kier alpha value is -1.64. The summed E-state index contributed by atoms with van der Waals surface area (Å²) < 4.78 is 0. The number of allylic oxidation sites excluding steroid dienone is 6. The Labute approximate surface area is 144 Å². The minimum atomic E-state index is 0.0273. The number of hydrogen-bond donors (Lipinski definition) is 1. The van der Waals surface area contributed by atoms with Gasteiger partial charge in [-0.05, 0) is 67.9 Å². The molecule has 0 amide bonds. The zero-order valence-corrected chi connectivity index (χ0v) is 14.9. The second-order valence-corrected chi connectivity index (χ2v) is 8.56. The van der Waals surface area contributed by atoms with E-state index >= 15 is 0 Å². The van der Waals surface area contributed by atoms with Gasteiger partial charge in [0.1, 0.15) is 0 Å². The maximum Gasteiger partial charge on any atom is 0.155 e. The van der Waals surface area contributed by atoms with Crippen LogP contribution in [0.5, 0.6) is 0 Å². The molecule has 0 aromatic heterocycles. The zero-order chi connectivity index (χ0) is 17.1. The number of carbonyl (C=O) groups is 1. The van der Waals surface area contributed by atoms with E-state index in [2.05, 4.69) is 31.2 Å². The minimum absolute atomic E-state index is 0.0273. The third kappa shape index (κ3) is 1.96. The highest BCUT2D eigenvalue weighted by atomic mass is 16.4. The molecule has 0 radical (unpaired) electrons. The van der Waals surface area contributed by atoms with Gasteiger partial charge in [0.05, 0.1) is 5.71 Å². The summed E-state index contributed by atoms with van der Waals surface area (Å²) >= 11 is 0. The molecule has 4 rings (SSSR count). The van der Waals surface area contributed by atoms with Crippen molar-refractivity contribution in [2.45, 2.75) is 59.3 Å². The van der Waals surface area contributed by atoms with Gasteiger partial charge in [0.25, 0.3) is 0 Å². The summed E-state index contributed by atoms with van der Waals surface area (Å²) in [5.41, 5.74) is 5.09. The SMILES string of the molecule is C/C(=N\O)C1=CC=C2[C@@H]3CCC4=CC(=O)CC[C@]4(C)[C@H]3CC[C@]12C. The minimum Gasteiger partial charge on any atom is -0.411 e. The lowest BCUT2D eigenvalue weighted by molar-refractivity contribution is -0.116. The van der Waals surface area contributed by atoms with Crippen LogP contribution in [0, 0.1) is 22.7 Å². The fourth-order valence-electron chi connectivity index (χ4n) is 6.13. The zero-order valence-electron chi connectivity index (χ0n) is 14.9. The summed E-state index contributed by atoms with van der Waals surface area (Å²) in [5, 5.41) is 12.7.